The highest BCUT2D eigenvalue weighted by molar-refractivity contribution is 5.81. The van der Waals surface area contributed by atoms with E-state index in [4.69, 9.17) is 5.73 Å². The summed E-state index contributed by atoms with van der Waals surface area (Å²) in [6, 6.07) is 9.39. The molecule has 0 bridgehead atoms. The zero-order chi connectivity index (χ0) is 27.8. The van der Waals surface area contributed by atoms with Crippen molar-refractivity contribution in [2.75, 3.05) is 18.0 Å². The summed E-state index contributed by atoms with van der Waals surface area (Å²) in [7, 11) is 1.44. The van der Waals surface area contributed by atoms with Crippen LogP contribution in [0.2, 0.25) is 0 Å². The first-order valence-electron chi connectivity index (χ1n) is 12.7. The number of imidazole rings is 1. The number of anilines is 1. The molecule has 3 atom stereocenters. The third-order valence-corrected chi connectivity index (χ3v) is 7.28. The van der Waals surface area contributed by atoms with Gasteiger partial charge < -0.3 is 15.2 Å². The van der Waals surface area contributed by atoms with Gasteiger partial charge >= 0.3 is 5.69 Å². The van der Waals surface area contributed by atoms with E-state index in [1.54, 1.807) is 0 Å². The van der Waals surface area contributed by atoms with Crippen LogP contribution in [0, 0.1) is 11.8 Å². The van der Waals surface area contributed by atoms with Gasteiger partial charge in [-0.1, -0.05) is 6.07 Å². The van der Waals surface area contributed by atoms with E-state index in [1.165, 1.54) is 51.3 Å². The number of ketones is 1. The largest absolute Gasteiger partial charge is 0.368 e. The number of piperidine rings is 1. The first kappa shape index (κ1) is 26.0. The Morgan fingerprint density at radius 2 is 1.82 bits per heavy atom. The highest BCUT2D eigenvalue weighted by Crippen LogP contribution is 2.45. The predicted molar refractivity (Wildman–Crippen MR) is 145 cm³/mol. The molecule has 2 aliphatic rings. The molecule has 2 N–H and O–H groups in total. The van der Waals surface area contributed by atoms with Crippen LogP contribution in [0.25, 0.3) is 22.4 Å². The van der Waals surface area contributed by atoms with Crippen molar-refractivity contribution in [3.63, 3.8) is 0 Å². The minimum Gasteiger partial charge on any atom is -0.368 e. The van der Waals surface area contributed by atoms with Crippen molar-refractivity contribution >= 4 is 28.7 Å². The fraction of sp³-hybridized carbons (Fsp3) is 0.370. The lowest BCUT2D eigenvalue weighted by Gasteiger charge is -2.18. The van der Waals surface area contributed by atoms with Gasteiger partial charge in [-0.05, 0) is 56.4 Å². The molecule has 39 heavy (non-hydrogen) atoms. The van der Waals surface area contributed by atoms with Crippen LogP contribution < -0.4 is 21.9 Å². The van der Waals surface area contributed by atoms with E-state index in [0.717, 1.165) is 38.0 Å². The fourth-order valence-corrected chi connectivity index (χ4v) is 4.93. The highest BCUT2D eigenvalue weighted by Gasteiger charge is 2.45. The Balaban J connectivity index is 0.000000159. The minimum atomic E-state index is -0.800. The van der Waals surface area contributed by atoms with E-state index in [9.17, 15) is 19.2 Å². The summed E-state index contributed by atoms with van der Waals surface area (Å²) in [4.78, 5) is 62.4. The van der Waals surface area contributed by atoms with Gasteiger partial charge in [-0.25, -0.2) is 14.8 Å². The average Bonchev–Trinajstić information content (AvgIpc) is 3.32. The number of fused-ring (bicyclic) bond motifs is 2. The highest BCUT2D eigenvalue weighted by atomic mass is 16.2. The van der Waals surface area contributed by atoms with Crippen molar-refractivity contribution in [3.05, 3.63) is 69.9 Å². The van der Waals surface area contributed by atoms with E-state index < -0.39 is 23.2 Å². The van der Waals surface area contributed by atoms with Gasteiger partial charge in [0, 0.05) is 38.1 Å². The molecule has 12 nitrogen and oxygen atoms in total. The summed E-state index contributed by atoms with van der Waals surface area (Å²) in [6.45, 7) is 4.85. The maximum Gasteiger partial charge on any atom is 0.332 e. The molecule has 1 saturated heterocycles. The Bertz CT molecular complexity index is 1650. The van der Waals surface area contributed by atoms with Crippen LogP contribution in [0.1, 0.15) is 26.3 Å². The fourth-order valence-electron chi connectivity index (χ4n) is 4.93. The van der Waals surface area contributed by atoms with Crippen molar-refractivity contribution in [2.45, 2.75) is 32.9 Å². The van der Waals surface area contributed by atoms with Gasteiger partial charge in [0.2, 0.25) is 5.91 Å². The third kappa shape index (κ3) is 5.09. The lowest BCUT2D eigenvalue weighted by atomic mass is 10.2. The van der Waals surface area contributed by atoms with Gasteiger partial charge in [0.1, 0.15) is 17.6 Å². The van der Waals surface area contributed by atoms with Gasteiger partial charge in [-0.15, -0.1) is 0 Å². The summed E-state index contributed by atoms with van der Waals surface area (Å²) in [5, 5.41) is 0. The summed E-state index contributed by atoms with van der Waals surface area (Å²) >= 11 is 0. The average molecular weight is 531 g/mol. The second kappa shape index (κ2) is 10.3. The second-order valence-electron chi connectivity index (χ2n) is 10.1. The van der Waals surface area contributed by atoms with Crippen LogP contribution in [0.4, 0.5) is 5.82 Å². The molecule has 5 heterocycles. The van der Waals surface area contributed by atoms with Crippen LogP contribution in [0.3, 0.4) is 0 Å². The Labute approximate surface area is 223 Å². The number of nitrogens with two attached hydrogens (primary N) is 1. The Morgan fingerprint density at radius 1 is 1.08 bits per heavy atom. The number of Topliss-reactive ketones (excluding diaryl/α,β-unsaturated/α-hetero) is 1. The normalized spacial score (nSPS) is 18.3. The number of aromatic nitrogens is 6. The van der Waals surface area contributed by atoms with Gasteiger partial charge in [-0.3, -0.25) is 28.5 Å². The molecular formula is C27H30N8O4. The number of aryl methyl sites for hydroxylation is 1. The van der Waals surface area contributed by atoms with Gasteiger partial charge in [0.15, 0.2) is 11.2 Å². The molecule has 4 aromatic rings. The number of nitrogens with zero attached hydrogens (tertiary/aromatic N) is 7. The van der Waals surface area contributed by atoms with Gasteiger partial charge in [0.05, 0.1) is 18.6 Å². The molecule has 2 fully saturated rings. The Kier molecular flexibility index (Phi) is 6.85. The first-order chi connectivity index (χ1) is 18.7. The number of amides is 1. The number of primary amides is 1. The summed E-state index contributed by atoms with van der Waals surface area (Å²) in [5.74, 6) is 2.04. The lowest BCUT2D eigenvalue weighted by Crippen LogP contribution is -2.41. The summed E-state index contributed by atoms with van der Waals surface area (Å²) in [6.07, 6.45) is 6.46. The number of pyridine rings is 2. The molecule has 0 spiro atoms. The van der Waals surface area contributed by atoms with E-state index in [1.807, 2.05) is 30.6 Å². The van der Waals surface area contributed by atoms with Crippen molar-refractivity contribution < 1.29 is 9.59 Å². The molecule has 4 aromatic heterocycles. The van der Waals surface area contributed by atoms with Crippen molar-refractivity contribution in [1.82, 2.24) is 28.7 Å². The molecule has 0 aromatic carbocycles. The SMILES string of the molecule is CC(=O)Cn1c(=O)c2c(ncn2[C@@H](C)C(N)=O)n(C)c1=O.c1ccc(-c2ccc(N3CC4CC4C3)nc2)nc1. The van der Waals surface area contributed by atoms with E-state index in [2.05, 4.69) is 32.0 Å². The molecule has 0 radical (unpaired) electrons. The quantitative estimate of drug-likeness (QED) is 0.390. The zero-order valence-electron chi connectivity index (χ0n) is 22.0. The molecule has 6 rings (SSSR count). The van der Waals surface area contributed by atoms with Crippen LogP contribution in [-0.4, -0.2) is 53.4 Å². The Morgan fingerprint density at radius 3 is 2.41 bits per heavy atom. The summed E-state index contributed by atoms with van der Waals surface area (Å²) in [5.41, 5.74) is 6.19. The van der Waals surface area contributed by atoms with Crippen molar-refractivity contribution in [1.29, 1.82) is 0 Å². The summed E-state index contributed by atoms with van der Waals surface area (Å²) < 4.78 is 3.27. The van der Waals surface area contributed by atoms with Gasteiger partial charge in [-0.2, -0.15) is 0 Å². The second-order valence-corrected chi connectivity index (χ2v) is 10.1. The maximum atomic E-state index is 12.4. The first-order valence-corrected chi connectivity index (χ1v) is 12.7. The number of hydrogen-bond donors (Lipinski definition) is 1. The van der Waals surface area contributed by atoms with Crippen molar-refractivity contribution in [2.24, 2.45) is 24.6 Å². The van der Waals surface area contributed by atoms with Crippen LogP contribution >= 0.6 is 0 Å². The Hall–Kier alpha value is -4.61. The van der Waals surface area contributed by atoms with Crippen LogP contribution in [-0.2, 0) is 23.2 Å². The predicted octanol–water partition coefficient (Wildman–Crippen LogP) is 1.13. The van der Waals surface area contributed by atoms with E-state index in [0.29, 0.717) is 0 Å². The topological polar surface area (TPSA) is 151 Å². The lowest BCUT2D eigenvalue weighted by molar-refractivity contribution is -0.120. The van der Waals surface area contributed by atoms with Crippen LogP contribution in [0.5, 0.6) is 0 Å². The molecule has 202 valence electrons. The molecule has 12 heteroatoms. The third-order valence-electron chi connectivity index (χ3n) is 7.28. The van der Waals surface area contributed by atoms with Gasteiger partial charge in [0.25, 0.3) is 5.56 Å². The van der Waals surface area contributed by atoms with E-state index in [-0.39, 0.29) is 23.5 Å². The zero-order valence-corrected chi connectivity index (χ0v) is 22.0. The maximum absolute atomic E-state index is 12.4. The molecule has 2 unspecified atom stereocenters. The number of rotatable bonds is 6. The molecule has 1 amide bonds. The number of hydrogen-bond acceptors (Lipinski definition) is 8. The van der Waals surface area contributed by atoms with Crippen LogP contribution in [0.15, 0.2) is 58.6 Å². The van der Waals surface area contributed by atoms with E-state index >= 15 is 0 Å². The smallest absolute Gasteiger partial charge is 0.332 e. The number of carbonyl (C=O) groups excluding carboxylic acids is 2. The molecule has 1 aliphatic carbocycles. The molecule has 1 saturated carbocycles. The minimum absolute atomic E-state index is 0.0599. The molecular weight excluding hydrogens is 500 g/mol. The van der Waals surface area contributed by atoms with Crippen molar-refractivity contribution in [3.8, 4) is 11.3 Å². The monoisotopic (exact) mass is 530 g/mol. The molecule has 1 aliphatic heterocycles. The number of carbonyl (C=O) groups is 2. The standard InChI is InChI=1S/C15H15N3.C12H15N5O4/c1-2-6-16-14(3-1)11-4-5-15(17-8-11)18-9-12-7-13(12)10-18;1-6(18)4-16-11(20)8-10(15(3)12(16)21)14-5-17(8)7(2)9(13)19/h1-6,8,12-13H,7,9-10H2;5,7H,4H2,1-3H3,(H2,13,19)/t;7-/m.0/s1.